The van der Waals surface area contributed by atoms with Gasteiger partial charge in [0, 0.05) is 63.7 Å². The number of hydrogen-bond acceptors (Lipinski definition) is 4. The second kappa shape index (κ2) is 18.4. The van der Waals surface area contributed by atoms with Gasteiger partial charge in [-0.3, -0.25) is 4.57 Å². The largest absolute Gasteiger partial charge is 0.457 e. The van der Waals surface area contributed by atoms with Crippen LogP contribution in [0.25, 0.3) is 38.8 Å². The Balaban J connectivity index is 1.08. The van der Waals surface area contributed by atoms with Crippen LogP contribution in [0.15, 0.2) is 188 Å². The average molecular weight is 933 g/mol. The Kier molecular flexibility index (Phi) is 12.3. The van der Waals surface area contributed by atoms with E-state index in [1.807, 2.05) is 6.20 Å². The van der Waals surface area contributed by atoms with Crippen LogP contribution in [-0.4, -0.2) is 16.2 Å². The third kappa shape index (κ3) is 9.04. The van der Waals surface area contributed by atoms with Gasteiger partial charge in [-0.25, -0.2) is 4.98 Å². The molecule has 0 saturated carbocycles. The fourth-order valence-corrected chi connectivity index (χ4v) is 10.5. The van der Waals surface area contributed by atoms with Crippen LogP contribution < -0.4 is 14.5 Å². The van der Waals surface area contributed by atoms with Crippen LogP contribution in [0.1, 0.15) is 127 Å². The van der Waals surface area contributed by atoms with Gasteiger partial charge in [0.25, 0.3) is 0 Å². The molecule has 0 bridgehead atoms. The van der Waals surface area contributed by atoms with Gasteiger partial charge in [-0.1, -0.05) is 179 Å². The summed E-state index contributed by atoms with van der Waals surface area (Å²) in [5.74, 6) is 3.10. The highest BCUT2D eigenvalue weighted by molar-refractivity contribution is 6.09. The molecule has 10 rings (SSSR count). The molecule has 5 nitrogen and oxygen atoms in total. The zero-order valence-electron chi connectivity index (χ0n) is 43.5. The standard InChI is InChI=1S/C66H68N4O/c1-44(2)56-26-20-27-57(45(3)4)63(56)46-35-52(41-55(36-46)71-54-29-30-59-58-25-18-19-28-60(58)70(61(59)42-54)62-40-49(31-32-67-62)64(5,6)7)68-33-34-69(43-68)53-38-50(65(8,9)47-21-14-12-15-22-47)37-51(39-53)66(10,11)48-23-16-13-17-24-48/h12-42,44-45H,43H2,1-11H3. The second-order valence-corrected chi connectivity index (χ2v) is 22.3. The molecule has 0 saturated heterocycles. The summed E-state index contributed by atoms with van der Waals surface area (Å²) in [6.07, 6.45) is 6.39. The van der Waals surface area contributed by atoms with Gasteiger partial charge in [0.1, 0.15) is 17.3 Å². The van der Waals surface area contributed by atoms with E-state index in [2.05, 4.69) is 273 Å². The van der Waals surface area contributed by atoms with Crippen molar-refractivity contribution < 1.29 is 4.74 Å². The molecule has 0 fully saturated rings. The number of rotatable bonds is 12. The summed E-state index contributed by atoms with van der Waals surface area (Å²) in [6, 6.07) is 62.1. The molecular formula is C66H68N4O. The maximum absolute atomic E-state index is 7.12. The van der Waals surface area contributed by atoms with Crippen LogP contribution in [-0.2, 0) is 16.2 Å². The van der Waals surface area contributed by atoms with E-state index in [1.54, 1.807) is 0 Å². The normalized spacial score (nSPS) is 13.4. The Hall–Kier alpha value is -7.37. The number of anilines is 2. The van der Waals surface area contributed by atoms with Gasteiger partial charge in [0.05, 0.1) is 17.7 Å². The molecule has 0 spiro atoms. The van der Waals surface area contributed by atoms with E-state index in [0.29, 0.717) is 18.5 Å². The molecule has 3 heterocycles. The van der Waals surface area contributed by atoms with Crippen molar-refractivity contribution in [3.05, 3.63) is 227 Å². The third-order valence-corrected chi connectivity index (χ3v) is 15.0. The van der Waals surface area contributed by atoms with Gasteiger partial charge in [0.15, 0.2) is 0 Å². The molecule has 9 aromatic rings. The Bertz CT molecular complexity index is 3330. The minimum absolute atomic E-state index is 0.0236. The van der Waals surface area contributed by atoms with Crippen molar-refractivity contribution in [3.63, 3.8) is 0 Å². The molecule has 7 aromatic carbocycles. The molecule has 0 atom stereocenters. The summed E-state index contributed by atoms with van der Waals surface area (Å²) >= 11 is 0. The zero-order valence-corrected chi connectivity index (χ0v) is 43.5. The van der Waals surface area contributed by atoms with Crippen LogP contribution in [0, 0.1) is 0 Å². The summed E-state index contributed by atoms with van der Waals surface area (Å²) in [5.41, 5.74) is 15.4. The summed E-state index contributed by atoms with van der Waals surface area (Å²) < 4.78 is 9.40. The lowest BCUT2D eigenvalue weighted by molar-refractivity contribution is 0.483. The Morgan fingerprint density at radius 3 is 1.62 bits per heavy atom. The van der Waals surface area contributed by atoms with Crippen molar-refractivity contribution in [1.82, 2.24) is 9.55 Å². The summed E-state index contributed by atoms with van der Waals surface area (Å²) in [7, 11) is 0. The van der Waals surface area contributed by atoms with Crippen LogP contribution >= 0.6 is 0 Å². The van der Waals surface area contributed by atoms with Crippen LogP contribution in [0.4, 0.5) is 11.4 Å². The number of pyridine rings is 1. The van der Waals surface area contributed by atoms with E-state index < -0.39 is 0 Å². The molecule has 1 aliphatic rings. The SMILES string of the molecule is CC(C)c1cccc(C(C)C)c1-c1cc(Oc2ccc3c4ccccc4n(-c4cc(C(C)(C)C)ccn4)c3c2)cc(N2C=CN(c3cc(C(C)(C)c4ccccc4)cc(C(C)(C)c4ccccc4)c3)C2)c1. The average Bonchev–Trinajstić information content (AvgIpc) is 4.00. The summed E-state index contributed by atoms with van der Waals surface area (Å²) in [6.45, 7) is 26.0. The lowest BCUT2D eigenvalue weighted by Gasteiger charge is -2.33. The van der Waals surface area contributed by atoms with Gasteiger partial charge >= 0.3 is 0 Å². The van der Waals surface area contributed by atoms with Gasteiger partial charge in [-0.05, 0) is 122 Å². The van der Waals surface area contributed by atoms with Crippen LogP contribution in [0.5, 0.6) is 11.5 Å². The first-order valence-electron chi connectivity index (χ1n) is 25.4. The number of aromatic nitrogens is 2. The van der Waals surface area contributed by atoms with E-state index in [0.717, 1.165) is 50.7 Å². The van der Waals surface area contributed by atoms with Crippen LogP contribution in [0.3, 0.4) is 0 Å². The molecule has 358 valence electrons. The first-order valence-corrected chi connectivity index (χ1v) is 25.4. The van der Waals surface area contributed by atoms with Crippen LogP contribution in [0.2, 0.25) is 0 Å². The van der Waals surface area contributed by atoms with Crippen molar-refractivity contribution in [2.75, 3.05) is 16.5 Å². The van der Waals surface area contributed by atoms with Crippen molar-refractivity contribution in [2.45, 2.75) is 104 Å². The second-order valence-electron chi connectivity index (χ2n) is 22.3. The number of ether oxygens (including phenoxy) is 1. The molecule has 5 heteroatoms. The first-order chi connectivity index (χ1) is 34.0. The van der Waals surface area contributed by atoms with Crippen molar-refractivity contribution in [2.24, 2.45) is 0 Å². The van der Waals surface area contributed by atoms with E-state index >= 15 is 0 Å². The molecule has 0 unspecified atom stereocenters. The predicted octanol–water partition coefficient (Wildman–Crippen LogP) is 17.6. The van der Waals surface area contributed by atoms with E-state index in [9.17, 15) is 0 Å². The summed E-state index contributed by atoms with van der Waals surface area (Å²) in [4.78, 5) is 9.69. The Morgan fingerprint density at radius 2 is 1.03 bits per heavy atom. The minimum Gasteiger partial charge on any atom is -0.457 e. The Morgan fingerprint density at radius 1 is 0.465 bits per heavy atom. The maximum Gasteiger partial charge on any atom is 0.137 e. The highest BCUT2D eigenvalue weighted by atomic mass is 16.5. The fourth-order valence-electron chi connectivity index (χ4n) is 10.5. The highest BCUT2D eigenvalue weighted by Crippen LogP contribution is 2.44. The van der Waals surface area contributed by atoms with Gasteiger partial charge < -0.3 is 14.5 Å². The van der Waals surface area contributed by atoms with E-state index in [4.69, 9.17) is 9.72 Å². The quantitative estimate of drug-likeness (QED) is 0.122. The molecule has 0 radical (unpaired) electrons. The number of benzene rings is 7. The lowest BCUT2D eigenvalue weighted by Crippen LogP contribution is -2.27. The first kappa shape index (κ1) is 47.3. The molecule has 0 N–H and O–H groups in total. The molecule has 71 heavy (non-hydrogen) atoms. The topological polar surface area (TPSA) is 33.5 Å². The minimum atomic E-state index is -0.231. The number of hydrogen-bond donors (Lipinski definition) is 0. The smallest absolute Gasteiger partial charge is 0.137 e. The van der Waals surface area contributed by atoms with E-state index in [1.165, 1.54) is 49.9 Å². The van der Waals surface area contributed by atoms with Crippen molar-refractivity contribution in [1.29, 1.82) is 0 Å². The predicted molar refractivity (Wildman–Crippen MR) is 300 cm³/mol. The monoisotopic (exact) mass is 933 g/mol. The zero-order chi connectivity index (χ0) is 49.8. The maximum atomic E-state index is 7.12. The van der Waals surface area contributed by atoms with Gasteiger partial charge in [-0.15, -0.1) is 0 Å². The summed E-state index contributed by atoms with van der Waals surface area (Å²) in [5, 5.41) is 2.34. The lowest BCUT2D eigenvalue weighted by atomic mass is 9.73. The number of fused-ring (bicyclic) bond motifs is 3. The fraction of sp³-hybridized carbons (Fsp3) is 0.258. The molecule has 0 aliphatic carbocycles. The van der Waals surface area contributed by atoms with E-state index in [-0.39, 0.29) is 16.2 Å². The molecule has 0 amide bonds. The molecule has 2 aromatic heterocycles. The molecular weight excluding hydrogens is 865 g/mol. The van der Waals surface area contributed by atoms with Gasteiger partial charge in [-0.2, -0.15) is 0 Å². The van der Waals surface area contributed by atoms with Crippen molar-refractivity contribution in [3.8, 4) is 28.4 Å². The van der Waals surface area contributed by atoms with Gasteiger partial charge in [0.2, 0.25) is 0 Å². The van der Waals surface area contributed by atoms with Crippen molar-refractivity contribution >= 4 is 33.2 Å². The molecule has 1 aliphatic heterocycles. The highest BCUT2D eigenvalue weighted by Gasteiger charge is 2.31. The third-order valence-electron chi connectivity index (χ3n) is 15.0. The number of nitrogens with zero attached hydrogens (tertiary/aromatic N) is 4. The Labute approximate surface area is 422 Å². The number of para-hydroxylation sites is 1.